The topological polar surface area (TPSA) is 46.2 Å². The first-order chi connectivity index (χ1) is 6.66. The summed E-state index contributed by atoms with van der Waals surface area (Å²) in [5.74, 6) is 0. The standard InChI is InChI=1S/C12H27NO2S/c1-10(2,3)9-12(7,8)13-16(14,15)11(4,5)6/h13H,9H2,1-8H3. The van der Waals surface area contributed by atoms with Gasteiger partial charge in [0.25, 0.3) is 0 Å². The zero-order valence-electron chi connectivity index (χ0n) is 11.9. The summed E-state index contributed by atoms with van der Waals surface area (Å²) in [5, 5.41) is 0. The molecular formula is C12H27NO2S. The number of sulfonamides is 1. The number of rotatable bonds is 3. The van der Waals surface area contributed by atoms with Crippen molar-refractivity contribution in [3.63, 3.8) is 0 Å². The van der Waals surface area contributed by atoms with Gasteiger partial charge in [0.05, 0.1) is 4.75 Å². The smallest absolute Gasteiger partial charge is 0.212 e. The van der Waals surface area contributed by atoms with E-state index < -0.39 is 20.3 Å². The fraction of sp³-hybridized carbons (Fsp3) is 1.00. The Labute approximate surface area is 101 Å². The molecule has 0 radical (unpaired) electrons. The molecule has 0 saturated heterocycles. The summed E-state index contributed by atoms with van der Waals surface area (Å²) < 4.78 is 26.1. The van der Waals surface area contributed by atoms with E-state index in [1.165, 1.54) is 0 Å². The predicted molar refractivity (Wildman–Crippen MR) is 70.0 cm³/mol. The summed E-state index contributed by atoms with van der Waals surface area (Å²) in [6, 6.07) is 0. The van der Waals surface area contributed by atoms with Gasteiger partial charge in [-0.1, -0.05) is 20.8 Å². The summed E-state index contributed by atoms with van der Waals surface area (Å²) in [6.45, 7) is 15.3. The first-order valence-corrected chi connectivity index (χ1v) is 7.18. The van der Waals surface area contributed by atoms with Crippen molar-refractivity contribution in [3.05, 3.63) is 0 Å². The Balaban J connectivity index is 4.87. The Morgan fingerprint density at radius 2 is 1.25 bits per heavy atom. The monoisotopic (exact) mass is 249 g/mol. The Hall–Kier alpha value is -0.0900. The van der Waals surface area contributed by atoms with Gasteiger partial charge in [-0.3, -0.25) is 0 Å². The van der Waals surface area contributed by atoms with Crippen LogP contribution in [0.15, 0.2) is 0 Å². The highest BCUT2D eigenvalue weighted by Crippen LogP contribution is 2.28. The molecule has 0 aliphatic carbocycles. The van der Waals surface area contributed by atoms with Crippen LogP contribution in [0.1, 0.15) is 61.8 Å². The molecule has 0 fully saturated rings. The van der Waals surface area contributed by atoms with E-state index in [4.69, 9.17) is 0 Å². The average Bonchev–Trinajstić information content (AvgIpc) is 1.72. The van der Waals surface area contributed by atoms with Gasteiger partial charge >= 0.3 is 0 Å². The molecule has 0 saturated carbocycles. The van der Waals surface area contributed by atoms with Crippen molar-refractivity contribution in [1.29, 1.82) is 0 Å². The zero-order chi connectivity index (χ0) is 13.4. The second-order valence-corrected chi connectivity index (χ2v) is 9.77. The van der Waals surface area contributed by atoms with E-state index in [0.29, 0.717) is 0 Å². The largest absolute Gasteiger partial charge is 0.217 e. The number of nitrogens with one attached hydrogen (secondary N) is 1. The Kier molecular flexibility index (Phi) is 4.27. The van der Waals surface area contributed by atoms with E-state index in [9.17, 15) is 8.42 Å². The Morgan fingerprint density at radius 1 is 0.875 bits per heavy atom. The van der Waals surface area contributed by atoms with Gasteiger partial charge in [-0.15, -0.1) is 0 Å². The molecule has 0 rings (SSSR count). The van der Waals surface area contributed by atoms with Crippen LogP contribution in [0.25, 0.3) is 0 Å². The lowest BCUT2D eigenvalue weighted by Gasteiger charge is -2.35. The SMILES string of the molecule is CC(C)(C)CC(C)(C)NS(=O)(=O)C(C)(C)C. The summed E-state index contributed by atoms with van der Waals surface area (Å²) in [4.78, 5) is 0. The molecule has 98 valence electrons. The van der Waals surface area contributed by atoms with E-state index in [1.807, 2.05) is 13.8 Å². The molecule has 0 aromatic heterocycles. The number of hydrogen-bond acceptors (Lipinski definition) is 2. The van der Waals surface area contributed by atoms with E-state index >= 15 is 0 Å². The van der Waals surface area contributed by atoms with Crippen molar-refractivity contribution in [2.75, 3.05) is 0 Å². The molecule has 0 aromatic rings. The summed E-state index contributed by atoms with van der Waals surface area (Å²) >= 11 is 0. The van der Waals surface area contributed by atoms with Crippen molar-refractivity contribution in [2.24, 2.45) is 5.41 Å². The minimum absolute atomic E-state index is 0.101. The van der Waals surface area contributed by atoms with Gasteiger partial charge in [0.2, 0.25) is 10.0 Å². The maximum absolute atomic E-state index is 12.0. The zero-order valence-corrected chi connectivity index (χ0v) is 12.7. The first-order valence-electron chi connectivity index (χ1n) is 5.70. The molecule has 0 bridgehead atoms. The van der Waals surface area contributed by atoms with Crippen LogP contribution in [0.3, 0.4) is 0 Å². The second-order valence-electron chi connectivity index (χ2n) is 7.34. The third-order valence-corrected chi connectivity index (χ3v) is 4.62. The minimum atomic E-state index is -3.28. The molecule has 0 aliphatic heterocycles. The van der Waals surface area contributed by atoms with E-state index in [0.717, 1.165) is 6.42 Å². The third-order valence-electron chi connectivity index (χ3n) is 2.19. The van der Waals surface area contributed by atoms with Crippen molar-refractivity contribution < 1.29 is 8.42 Å². The lowest BCUT2D eigenvalue weighted by Crippen LogP contribution is -2.51. The molecule has 0 spiro atoms. The van der Waals surface area contributed by atoms with E-state index in [1.54, 1.807) is 20.8 Å². The van der Waals surface area contributed by atoms with E-state index in [2.05, 4.69) is 25.5 Å². The highest BCUT2D eigenvalue weighted by molar-refractivity contribution is 7.90. The molecule has 4 heteroatoms. The lowest BCUT2D eigenvalue weighted by atomic mass is 9.82. The van der Waals surface area contributed by atoms with Gasteiger partial charge in [-0.05, 0) is 46.5 Å². The van der Waals surface area contributed by atoms with Crippen LogP contribution in [0, 0.1) is 5.41 Å². The summed E-state index contributed by atoms with van der Waals surface area (Å²) in [5.41, 5.74) is -0.311. The molecule has 3 nitrogen and oxygen atoms in total. The molecular weight excluding hydrogens is 222 g/mol. The molecule has 0 unspecified atom stereocenters. The fourth-order valence-electron chi connectivity index (χ4n) is 1.88. The molecule has 16 heavy (non-hydrogen) atoms. The van der Waals surface area contributed by atoms with Crippen LogP contribution in [-0.2, 0) is 10.0 Å². The molecule has 0 heterocycles. The highest BCUT2D eigenvalue weighted by Gasteiger charge is 2.36. The van der Waals surface area contributed by atoms with Gasteiger partial charge < -0.3 is 0 Å². The van der Waals surface area contributed by atoms with Crippen molar-refractivity contribution in [3.8, 4) is 0 Å². The van der Waals surface area contributed by atoms with Crippen LogP contribution in [-0.4, -0.2) is 18.7 Å². The second kappa shape index (κ2) is 4.30. The highest BCUT2D eigenvalue weighted by atomic mass is 32.2. The van der Waals surface area contributed by atoms with Crippen LogP contribution in [0.4, 0.5) is 0 Å². The molecule has 0 amide bonds. The van der Waals surface area contributed by atoms with Crippen molar-refractivity contribution >= 4 is 10.0 Å². The van der Waals surface area contributed by atoms with Gasteiger partial charge in [0, 0.05) is 5.54 Å². The normalized spacial score (nSPS) is 15.2. The van der Waals surface area contributed by atoms with Crippen LogP contribution >= 0.6 is 0 Å². The predicted octanol–water partition coefficient (Wildman–Crippen LogP) is 2.92. The van der Waals surface area contributed by atoms with E-state index in [-0.39, 0.29) is 5.41 Å². The maximum atomic E-state index is 12.0. The number of hydrogen-bond donors (Lipinski definition) is 1. The average molecular weight is 249 g/mol. The Morgan fingerprint density at radius 3 is 1.50 bits per heavy atom. The van der Waals surface area contributed by atoms with Gasteiger partial charge in [0.15, 0.2) is 0 Å². The molecule has 0 aliphatic rings. The van der Waals surface area contributed by atoms with Gasteiger partial charge in [0.1, 0.15) is 0 Å². The lowest BCUT2D eigenvalue weighted by molar-refractivity contribution is 0.268. The summed E-state index contributed by atoms with van der Waals surface area (Å²) in [7, 11) is -3.28. The van der Waals surface area contributed by atoms with Gasteiger partial charge in [-0.25, -0.2) is 13.1 Å². The molecule has 0 atom stereocenters. The quantitative estimate of drug-likeness (QED) is 0.836. The van der Waals surface area contributed by atoms with Crippen LogP contribution in [0.5, 0.6) is 0 Å². The third kappa shape index (κ3) is 5.30. The molecule has 0 aromatic carbocycles. The fourth-order valence-corrected chi connectivity index (χ4v) is 2.98. The van der Waals surface area contributed by atoms with Crippen molar-refractivity contribution in [1.82, 2.24) is 4.72 Å². The summed E-state index contributed by atoms with van der Waals surface area (Å²) in [6.07, 6.45) is 0.801. The van der Waals surface area contributed by atoms with Crippen molar-refractivity contribution in [2.45, 2.75) is 72.1 Å². The Bertz CT molecular complexity index is 329. The van der Waals surface area contributed by atoms with Gasteiger partial charge in [-0.2, -0.15) is 0 Å². The minimum Gasteiger partial charge on any atom is -0.212 e. The molecule has 1 N–H and O–H groups in total. The first kappa shape index (κ1) is 15.9. The van der Waals surface area contributed by atoms with Crippen LogP contribution in [0.2, 0.25) is 0 Å². The van der Waals surface area contributed by atoms with Crippen LogP contribution < -0.4 is 4.72 Å². The maximum Gasteiger partial charge on any atom is 0.217 e.